The largest absolute Gasteiger partial charge is 0.462 e. The van der Waals surface area contributed by atoms with Gasteiger partial charge in [-0.25, -0.2) is 0 Å². The van der Waals surface area contributed by atoms with Crippen LogP contribution < -0.4 is 0 Å². The first-order chi connectivity index (χ1) is 11.5. The Morgan fingerprint density at radius 3 is 2.75 bits per heavy atom. The maximum Gasteiger partial charge on any atom is 0.239 e. The number of fused-ring (bicyclic) bond motifs is 1. The SMILES string of the molecule is CC1(C)OC2=C(CN=[N+]=[N-])O[C@H](OCc3ccccc3)[C@]2(CO)O1. The van der Waals surface area contributed by atoms with E-state index in [0.717, 1.165) is 5.56 Å². The molecule has 8 nitrogen and oxygen atoms in total. The molecule has 2 aliphatic heterocycles. The highest BCUT2D eigenvalue weighted by molar-refractivity contribution is 5.27. The number of rotatable bonds is 6. The van der Waals surface area contributed by atoms with Crippen molar-refractivity contribution in [2.45, 2.75) is 38.1 Å². The van der Waals surface area contributed by atoms with Gasteiger partial charge in [0.05, 0.1) is 19.8 Å². The smallest absolute Gasteiger partial charge is 0.239 e. The first-order valence-electron chi connectivity index (χ1n) is 7.57. The van der Waals surface area contributed by atoms with Crippen LogP contribution in [0, 0.1) is 0 Å². The van der Waals surface area contributed by atoms with E-state index in [1.807, 2.05) is 30.3 Å². The molecule has 24 heavy (non-hydrogen) atoms. The Morgan fingerprint density at radius 2 is 2.08 bits per heavy atom. The molecule has 3 rings (SSSR count). The lowest BCUT2D eigenvalue weighted by atomic mass is 10.0. The maximum atomic E-state index is 9.97. The lowest BCUT2D eigenvalue weighted by molar-refractivity contribution is -0.256. The summed E-state index contributed by atoms with van der Waals surface area (Å²) in [6, 6.07) is 9.58. The molecule has 2 aliphatic rings. The van der Waals surface area contributed by atoms with Gasteiger partial charge in [-0.15, -0.1) is 0 Å². The van der Waals surface area contributed by atoms with Crippen molar-refractivity contribution in [3.05, 3.63) is 57.9 Å². The zero-order valence-corrected chi connectivity index (χ0v) is 13.5. The summed E-state index contributed by atoms with van der Waals surface area (Å²) in [5.41, 5.74) is 8.23. The third-order valence-corrected chi connectivity index (χ3v) is 3.80. The van der Waals surface area contributed by atoms with E-state index < -0.39 is 17.7 Å². The van der Waals surface area contributed by atoms with Gasteiger partial charge in [-0.3, -0.25) is 0 Å². The highest BCUT2D eigenvalue weighted by Gasteiger charge is 2.62. The molecule has 8 heteroatoms. The standard InChI is InChI=1S/C16H19N3O5/c1-15(2)23-13-12(8-18-19-17)22-14(16(13,10-20)24-15)21-9-11-6-4-3-5-7-11/h3-7,14,20H,8-10H2,1-2H3/t14-,16+/m0/s1. The fourth-order valence-corrected chi connectivity index (χ4v) is 2.86. The minimum Gasteiger partial charge on any atom is -0.462 e. The van der Waals surface area contributed by atoms with Gasteiger partial charge in [0, 0.05) is 18.8 Å². The number of aliphatic hydroxyl groups excluding tert-OH is 1. The molecule has 0 spiro atoms. The molecule has 0 amide bonds. The average Bonchev–Trinajstić information content (AvgIpc) is 3.01. The Balaban J connectivity index is 1.84. The lowest BCUT2D eigenvalue weighted by Crippen LogP contribution is -2.47. The van der Waals surface area contributed by atoms with Crippen LogP contribution in [0.4, 0.5) is 0 Å². The maximum absolute atomic E-state index is 9.97. The van der Waals surface area contributed by atoms with Crippen molar-refractivity contribution < 1.29 is 24.1 Å². The van der Waals surface area contributed by atoms with Crippen molar-refractivity contribution in [2.24, 2.45) is 5.11 Å². The van der Waals surface area contributed by atoms with Crippen LogP contribution in [0.25, 0.3) is 10.4 Å². The van der Waals surface area contributed by atoms with Crippen molar-refractivity contribution in [3.63, 3.8) is 0 Å². The van der Waals surface area contributed by atoms with Gasteiger partial charge >= 0.3 is 0 Å². The van der Waals surface area contributed by atoms with Crippen molar-refractivity contribution in [2.75, 3.05) is 13.2 Å². The van der Waals surface area contributed by atoms with Gasteiger partial charge in [-0.2, -0.15) is 0 Å². The van der Waals surface area contributed by atoms with E-state index in [-0.39, 0.29) is 19.8 Å². The van der Waals surface area contributed by atoms with E-state index in [4.69, 9.17) is 24.5 Å². The van der Waals surface area contributed by atoms with Crippen LogP contribution in [0.3, 0.4) is 0 Å². The molecule has 0 aliphatic carbocycles. The predicted octanol–water partition coefficient (Wildman–Crippen LogP) is 2.60. The zero-order chi connectivity index (χ0) is 17.2. The quantitative estimate of drug-likeness (QED) is 0.489. The second-order valence-corrected chi connectivity index (χ2v) is 6.04. The number of hydrogen-bond acceptors (Lipinski definition) is 6. The summed E-state index contributed by atoms with van der Waals surface area (Å²) >= 11 is 0. The Bertz CT molecular complexity index is 684. The van der Waals surface area contributed by atoms with Gasteiger partial charge in [0.1, 0.15) is 5.76 Å². The lowest BCUT2D eigenvalue weighted by Gasteiger charge is -2.29. The molecule has 0 unspecified atom stereocenters. The van der Waals surface area contributed by atoms with Crippen LogP contribution >= 0.6 is 0 Å². The monoisotopic (exact) mass is 333 g/mol. The molecule has 0 aromatic heterocycles. The van der Waals surface area contributed by atoms with Gasteiger partial charge in [0.15, 0.2) is 5.76 Å². The third-order valence-electron chi connectivity index (χ3n) is 3.80. The van der Waals surface area contributed by atoms with E-state index >= 15 is 0 Å². The summed E-state index contributed by atoms with van der Waals surface area (Å²) < 4.78 is 23.2. The van der Waals surface area contributed by atoms with Crippen molar-refractivity contribution in [1.82, 2.24) is 0 Å². The summed E-state index contributed by atoms with van der Waals surface area (Å²) in [4.78, 5) is 2.73. The number of aliphatic hydroxyl groups is 1. The van der Waals surface area contributed by atoms with Crippen molar-refractivity contribution >= 4 is 0 Å². The minimum absolute atomic E-state index is 0.0434. The van der Waals surface area contributed by atoms with E-state index in [2.05, 4.69) is 10.0 Å². The van der Waals surface area contributed by atoms with Crippen LogP contribution in [-0.4, -0.2) is 35.9 Å². The highest BCUT2D eigenvalue weighted by Crippen LogP contribution is 2.49. The van der Waals surface area contributed by atoms with Crippen LogP contribution in [0.2, 0.25) is 0 Å². The van der Waals surface area contributed by atoms with Gasteiger partial charge in [0.25, 0.3) is 0 Å². The second-order valence-electron chi connectivity index (χ2n) is 6.04. The fraction of sp³-hybridized carbons (Fsp3) is 0.500. The Kier molecular flexibility index (Phi) is 4.38. The summed E-state index contributed by atoms with van der Waals surface area (Å²) in [5, 5.41) is 13.5. The summed E-state index contributed by atoms with van der Waals surface area (Å²) in [5.74, 6) is -0.316. The highest BCUT2D eigenvalue weighted by atomic mass is 16.8. The van der Waals surface area contributed by atoms with Gasteiger partial charge in [0.2, 0.25) is 17.7 Å². The fourth-order valence-electron chi connectivity index (χ4n) is 2.86. The molecule has 1 N–H and O–H groups in total. The Labute approximate surface area is 139 Å². The zero-order valence-electron chi connectivity index (χ0n) is 13.5. The Hall–Kier alpha value is -2.25. The molecule has 0 bridgehead atoms. The third kappa shape index (κ3) is 2.92. The van der Waals surface area contributed by atoms with Crippen molar-refractivity contribution in [1.29, 1.82) is 0 Å². The van der Waals surface area contributed by atoms with Gasteiger partial charge in [-0.1, -0.05) is 35.4 Å². The van der Waals surface area contributed by atoms with E-state index in [9.17, 15) is 5.11 Å². The number of azide groups is 1. The molecule has 0 radical (unpaired) electrons. The number of nitrogens with zero attached hydrogens (tertiary/aromatic N) is 3. The summed E-state index contributed by atoms with van der Waals surface area (Å²) in [6.45, 7) is 3.31. The minimum atomic E-state index is -1.27. The Morgan fingerprint density at radius 1 is 1.33 bits per heavy atom. The first-order valence-corrected chi connectivity index (χ1v) is 7.57. The average molecular weight is 333 g/mol. The number of benzene rings is 1. The van der Waals surface area contributed by atoms with Crippen LogP contribution in [0.15, 0.2) is 47.0 Å². The predicted molar refractivity (Wildman–Crippen MR) is 83.2 cm³/mol. The number of ether oxygens (including phenoxy) is 4. The molecule has 128 valence electrons. The van der Waals surface area contributed by atoms with Crippen molar-refractivity contribution in [3.8, 4) is 0 Å². The molecule has 2 heterocycles. The normalized spacial score (nSPS) is 27.2. The van der Waals surface area contributed by atoms with E-state index in [0.29, 0.717) is 11.5 Å². The van der Waals surface area contributed by atoms with E-state index in [1.54, 1.807) is 13.8 Å². The molecule has 1 fully saturated rings. The van der Waals surface area contributed by atoms with Crippen LogP contribution in [0.1, 0.15) is 19.4 Å². The number of hydrogen-bond donors (Lipinski definition) is 1. The first kappa shape index (κ1) is 16.6. The van der Waals surface area contributed by atoms with Crippen LogP contribution in [-0.2, 0) is 25.6 Å². The topological polar surface area (TPSA) is 106 Å². The van der Waals surface area contributed by atoms with Gasteiger partial charge in [-0.05, 0) is 11.1 Å². The molecule has 2 atom stereocenters. The molecular weight excluding hydrogens is 314 g/mol. The van der Waals surface area contributed by atoms with E-state index in [1.165, 1.54) is 0 Å². The molecular formula is C16H19N3O5. The summed E-state index contributed by atoms with van der Waals surface area (Å²) in [7, 11) is 0. The molecule has 1 aromatic carbocycles. The molecule has 1 saturated heterocycles. The molecule has 1 aromatic rings. The molecule has 0 saturated carbocycles. The van der Waals surface area contributed by atoms with Gasteiger partial charge < -0.3 is 24.1 Å². The second kappa shape index (κ2) is 6.33. The van der Waals surface area contributed by atoms with Crippen LogP contribution in [0.5, 0.6) is 0 Å². The summed E-state index contributed by atoms with van der Waals surface area (Å²) in [6.07, 6.45) is -0.900.